The van der Waals surface area contributed by atoms with E-state index in [0.717, 1.165) is 32.1 Å². The van der Waals surface area contributed by atoms with E-state index in [9.17, 15) is 14.7 Å². The van der Waals surface area contributed by atoms with Gasteiger partial charge in [-0.2, -0.15) is 0 Å². The van der Waals surface area contributed by atoms with Gasteiger partial charge >= 0.3 is 12.0 Å². The molecule has 3 aliphatic rings. The van der Waals surface area contributed by atoms with E-state index in [2.05, 4.69) is 31.4 Å². The molecule has 0 heterocycles. The largest absolute Gasteiger partial charge is 0.466 e. The summed E-state index contributed by atoms with van der Waals surface area (Å²) in [7, 11) is 0. The van der Waals surface area contributed by atoms with Gasteiger partial charge in [0, 0.05) is 12.6 Å². The summed E-state index contributed by atoms with van der Waals surface area (Å²) >= 11 is 0. The first-order chi connectivity index (χ1) is 15.0. The molecule has 0 radical (unpaired) electrons. The molecule has 0 bridgehead atoms. The number of urea groups is 1. The highest BCUT2D eigenvalue weighted by atomic mass is 16.5. The quantitative estimate of drug-likeness (QED) is 0.480. The van der Waals surface area contributed by atoms with Crippen molar-refractivity contribution in [2.45, 2.75) is 116 Å². The summed E-state index contributed by atoms with van der Waals surface area (Å²) in [6.07, 6.45) is 12.0. The fraction of sp³-hybridized carbons (Fsp3) is 0.923. The van der Waals surface area contributed by atoms with Gasteiger partial charge in [-0.25, -0.2) is 4.79 Å². The summed E-state index contributed by atoms with van der Waals surface area (Å²) < 4.78 is 5.52. The molecule has 0 aliphatic heterocycles. The Morgan fingerprint density at radius 3 is 2.41 bits per heavy atom. The molecule has 3 aliphatic carbocycles. The number of ether oxygens (including phenoxy) is 1. The predicted octanol–water partition coefficient (Wildman–Crippen LogP) is 4.94. The van der Waals surface area contributed by atoms with Crippen molar-refractivity contribution in [3.8, 4) is 0 Å². The topological polar surface area (TPSA) is 87.7 Å². The number of esters is 1. The van der Waals surface area contributed by atoms with E-state index in [0.29, 0.717) is 24.4 Å². The summed E-state index contributed by atoms with van der Waals surface area (Å²) in [6.45, 7) is 9.70. The number of rotatable bonds is 7. The van der Waals surface area contributed by atoms with Gasteiger partial charge in [0.25, 0.3) is 0 Å². The number of fused-ring (bicyclic) bond motifs is 1. The Balaban J connectivity index is 1.42. The smallest absolute Gasteiger partial charge is 0.315 e. The molecular weight excluding hydrogens is 404 g/mol. The molecule has 3 fully saturated rings. The maximum Gasteiger partial charge on any atom is 0.315 e. The fourth-order valence-electron chi connectivity index (χ4n) is 7.39. The third-order valence-corrected chi connectivity index (χ3v) is 8.99. The molecule has 0 aromatic heterocycles. The van der Waals surface area contributed by atoms with E-state index in [1.54, 1.807) is 0 Å². The molecule has 184 valence electrons. The van der Waals surface area contributed by atoms with Gasteiger partial charge in [-0.05, 0) is 74.5 Å². The van der Waals surface area contributed by atoms with Crippen molar-refractivity contribution in [3.05, 3.63) is 0 Å². The second kappa shape index (κ2) is 10.3. The number of carbonyl (C=O) groups is 2. The van der Waals surface area contributed by atoms with Gasteiger partial charge in [0.1, 0.15) is 0 Å². The maximum atomic E-state index is 12.2. The van der Waals surface area contributed by atoms with Crippen molar-refractivity contribution in [2.24, 2.45) is 22.7 Å². The minimum atomic E-state index is -0.718. The molecule has 2 amide bonds. The molecule has 4 atom stereocenters. The van der Waals surface area contributed by atoms with Crippen LogP contribution in [-0.4, -0.2) is 41.9 Å². The van der Waals surface area contributed by atoms with E-state index in [4.69, 9.17) is 4.74 Å². The summed E-state index contributed by atoms with van der Waals surface area (Å²) in [5.41, 5.74) is -0.346. The Kier molecular flexibility index (Phi) is 8.16. The Labute approximate surface area is 194 Å². The molecule has 6 heteroatoms. The van der Waals surface area contributed by atoms with Gasteiger partial charge < -0.3 is 20.5 Å². The Bertz CT molecular complexity index is 656. The summed E-state index contributed by atoms with van der Waals surface area (Å²) in [5, 5.41) is 17.0. The lowest BCUT2D eigenvalue weighted by Gasteiger charge is -2.61. The van der Waals surface area contributed by atoms with Gasteiger partial charge in [0.2, 0.25) is 0 Å². The zero-order valence-corrected chi connectivity index (χ0v) is 20.8. The average Bonchev–Trinajstić information content (AvgIpc) is 2.70. The number of carbonyl (C=O) groups excluding carboxylic acids is 2. The first-order valence-electron chi connectivity index (χ1n) is 13.0. The van der Waals surface area contributed by atoms with Crippen molar-refractivity contribution in [1.29, 1.82) is 0 Å². The molecular formula is C26H46N2O4. The second-order valence-corrected chi connectivity index (χ2v) is 11.8. The predicted molar refractivity (Wildman–Crippen MR) is 126 cm³/mol. The zero-order valence-electron chi connectivity index (χ0n) is 20.8. The van der Waals surface area contributed by atoms with Crippen molar-refractivity contribution in [2.75, 3.05) is 13.2 Å². The summed E-state index contributed by atoms with van der Waals surface area (Å²) in [6, 6.07) is 0.0655. The van der Waals surface area contributed by atoms with Crippen LogP contribution >= 0.6 is 0 Å². The number of nitrogens with one attached hydrogen (secondary N) is 2. The van der Waals surface area contributed by atoms with Crippen LogP contribution in [0.4, 0.5) is 4.79 Å². The Hall–Kier alpha value is -1.30. The molecule has 0 unspecified atom stereocenters. The minimum absolute atomic E-state index is 0.0780. The van der Waals surface area contributed by atoms with Gasteiger partial charge in [-0.15, -0.1) is 0 Å². The second-order valence-electron chi connectivity index (χ2n) is 11.8. The van der Waals surface area contributed by atoms with E-state index < -0.39 is 5.60 Å². The molecule has 0 aromatic rings. The molecule has 6 nitrogen and oxygen atoms in total. The average molecular weight is 451 g/mol. The number of hydrogen-bond acceptors (Lipinski definition) is 4. The van der Waals surface area contributed by atoms with Crippen molar-refractivity contribution >= 4 is 12.0 Å². The number of aliphatic hydroxyl groups is 1. The van der Waals surface area contributed by atoms with E-state index in [1.165, 1.54) is 32.1 Å². The van der Waals surface area contributed by atoms with Crippen LogP contribution < -0.4 is 10.6 Å². The van der Waals surface area contributed by atoms with Crippen molar-refractivity contribution in [1.82, 2.24) is 10.6 Å². The van der Waals surface area contributed by atoms with Crippen molar-refractivity contribution < 1.29 is 19.4 Å². The van der Waals surface area contributed by atoms with Gasteiger partial charge in [-0.3, -0.25) is 4.79 Å². The van der Waals surface area contributed by atoms with Crippen LogP contribution in [0.5, 0.6) is 0 Å². The number of amides is 2. The Morgan fingerprint density at radius 1 is 0.969 bits per heavy atom. The van der Waals surface area contributed by atoms with E-state index >= 15 is 0 Å². The first kappa shape index (κ1) is 25.3. The highest BCUT2D eigenvalue weighted by Gasteiger charge is 2.57. The monoisotopic (exact) mass is 450 g/mol. The van der Waals surface area contributed by atoms with Crippen LogP contribution in [0.2, 0.25) is 0 Å². The van der Waals surface area contributed by atoms with Gasteiger partial charge in [0.15, 0.2) is 0 Å². The van der Waals surface area contributed by atoms with Crippen molar-refractivity contribution in [3.63, 3.8) is 0 Å². The molecule has 0 spiro atoms. The highest BCUT2D eigenvalue weighted by Crippen LogP contribution is 2.62. The maximum absolute atomic E-state index is 12.2. The standard InChI is InChI=1S/C26H46N2O4/c1-24(2)14-8-15-25(3)20(24)11-16-26(4,31)21(25)13-18-32-22(29)12-17-27-23(30)28-19-9-6-5-7-10-19/h19-21,31H,5-18H2,1-4H3,(H2,27,28,30)/t20-,21+,25-,26+/m0/s1. The van der Waals surface area contributed by atoms with E-state index in [1.807, 2.05) is 6.92 Å². The van der Waals surface area contributed by atoms with Crippen LogP contribution in [0.3, 0.4) is 0 Å². The lowest BCUT2D eigenvalue weighted by molar-refractivity contribution is -0.175. The van der Waals surface area contributed by atoms with Crippen LogP contribution in [-0.2, 0) is 9.53 Å². The Morgan fingerprint density at radius 2 is 1.69 bits per heavy atom. The lowest BCUT2D eigenvalue weighted by atomic mass is 9.45. The normalized spacial score (nSPS) is 34.9. The number of hydrogen-bond donors (Lipinski definition) is 3. The molecule has 3 rings (SSSR count). The van der Waals surface area contributed by atoms with Gasteiger partial charge in [0.05, 0.1) is 18.6 Å². The summed E-state index contributed by atoms with van der Waals surface area (Å²) in [5.74, 6) is 0.432. The lowest BCUT2D eigenvalue weighted by Crippen LogP contribution is -2.57. The van der Waals surface area contributed by atoms with Crippen LogP contribution in [0, 0.1) is 22.7 Å². The molecule has 0 saturated heterocycles. The molecule has 3 saturated carbocycles. The fourth-order valence-corrected chi connectivity index (χ4v) is 7.39. The molecule has 0 aromatic carbocycles. The zero-order chi connectivity index (χ0) is 23.4. The highest BCUT2D eigenvalue weighted by molar-refractivity contribution is 5.75. The van der Waals surface area contributed by atoms with Crippen LogP contribution in [0.1, 0.15) is 105 Å². The third kappa shape index (κ3) is 5.98. The summed E-state index contributed by atoms with van der Waals surface area (Å²) in [4.78, 5) is 24.2. The molecule has 3 N–H and O–H groups in total. The van der Waals surface area contributed by atoms with Crippen LogP contribution in [0.25, 0.3) is 0 Å². The minimum Gasteiger partial charge on any atom is -0.466 e. The third-order valence-electron chi connectivity index (χ3n) is 8.99. The van der Waals surface area contributed by atoms with Crippen LogP contribution in [0.15, 0.2) is 0 Å². The SMILES string of the molecule is CC1(C)CCC[C@]2(C)[C@@H](CCOC(=O)CCNC(=O)NC3CCCCC3)[C@](C)(O)CC[C@@H]12. The first-order valence-corrected chi connectivity index (χ1v) is 13.0. The molecule has 32 heavy (non-hydrogen) atoms. The van der Waals surface area contributed by atoms with Gasteiger partial charge in [-0.1, -0.05) is 46.5 Å². The van der Waals surface area contributed by atoms with E-state index in [-0.39, 0.29) is 42.3 Å².